The van der Waals surface area contributed by atoms with E-state index in [1.807, 2.05) is 6.92 Å². The van der Waals surface area contributed by atoms with Gasteiger partial charge in [-0.25, -0.2) is 4.39 Å². The highest BCUT2D eigenvalue weighted by Crippen LogP contribution is 2.10. The molecule has 2 rings (SSSR count). The van der Waals surface area contributed by atoms with Crippen LogP contribution < -0.4 is 16.0 Å². The minimum atomic E-state index is -0.333. The summed E-state index contributed by atoms with van der Waals surface area (Å²) in [5.41, 5.74) is 5.89. The summed E-state index contributed by atoms with van der Waals surface area (Å²) in [4.78, 5) is 24.5. The number of hydrogen-bond donors (Lipinski definition) is 3. The van der Waals surface area contributed by atoms with Gasteiger partial charge in [-0.1, -0.05) is 0 Å². The Morgan fingerprint density at radius 1 is 1.29 bits per heavy atom. The molecule has 0 radical (unpaired) electrons. The van der Waals surface area contributed by atoms with Crippen molar-refractivity contribution in [3.05, 3.63) is 30.1 Å². The minimum absolute atomic E-state index is 0.0684. The van der Waals surface area contributed by atoms with Gasteiger partial charge in [0.1, 0.15) is 5.82 Å². The van der Waals surface area contributed by atoms with Gasteiger partial charge in [0.25, 0.3) is 5.91 Å². The van der Waals surface area contributed by atoms with E-state index < -0.39 is 0 Å². The molecule has 6 heteroatoms. The topological polar surface area (TPSA) is 76.6 Å². The fourth-order valence-electron chi connectivity index (χ4n) is 2.68. The first-order valence-corrected chi connectivity index (χ1v) is 7.17. The van der Waals surface area contributed by atoms with Gasteiger partial charge in [-0.3, -0.25) is 9.59 Å². The molecule has 1 aromatic carbocycles. The normalized spacial score (nSPS) is 23.3. The lowest BCUT2D eigenvalue weighted by Crippen LogP contribution is -3.17. The Morgan fingerprint density at radius 2 is 1.86 bits per heavy atom. The van der Waals surface area contributed by atoms with Gasteiger partial charge in [-0.2, -0.15) is 0 Å². The van der Waals surface area contributed by atoms with Gasteiger partial charge >= 0.3 is 0 Å². The predicted octanol–water partition coefficient (Wildman–Crippen LogP) is -0.0671. The van der Waals surface area contributed by atoms with Crippen LogP contribution in [0.15, 0.2) is 24.3 Å². The van der Waals surface area contributed by atoms with Gasteiger partial charge in [-0.05, 0) is 31.2 Å². The molecule has 114 valence electrons. The number of anilines is 1. The standard InChI is InChI=1S/C15H20FN3O2/c1-10(19-8-6-11(7-9-19)14(17)20)15(21)18-13-4-2-12(16)3-5-13/h2-5,10-11H,6-9H2,1H3,(H2,17,20)(H,18,21)/p+1/t10-/m1/s1. The maximum Gasteiger partial charge on any atom is 0.282 e. The second-order valence-corrected chi connectivity index (χ2v) is 5.55. The zero-order valence-corrected chi connectivity index (χ0v) is 12.1. The van der Waals surface area contributed by atoms with E-state index in [2.05, 4.69) is 5.32 Å². The van der Waals surface area contributed by atoms with E-state index in [9.17, 15) is 14.0 Å². The Kier molecular flexibility index (Phi) is 4.90. The van der Waals surface area contributed by atoms with Crippen LogP contribution in [0, 0.1) is 11.7 Å². The molecule has 4 N–H and O–H groups in total. The summed E-state index contributed by atoms with van der Waals surface area (Å²) in [5.74, 6) is -0.757. The molecule has 0 bridgehead atoms. The first-order chi connectivity index (χ1) is 9.97. The van der Waals surface area contributed by atoms with E-state index in [1.165, 1.54) is 24.3 Å². The molecule has 21 heavy (non-hydrogen) atoms. The van der Waals surface area contributed by atoms with Crippen LogP contribution in [-0.2, 0) is 9.59 Å². The second kappa shape index (κ2) is 6.67. The Hall–Kier alpha value is -1.95. The number of halogens is 1. The molecule has 1 aliphatic rings. The number of quaternary nitrogens is 1. The Bertz CT molecular complexity index is 510. The van der Waals surface area contributed by atoms with E-state index in [0.29, 0.717) is 5.69 Å². The third-order valence-corrected chi connectivity index (χ3v) is 4.15. The van der Waals surface area contributed by atoms with Crippen LogP contribution in [0.1, 0.15) is 19.8 Å². The van der Waals surface area contributed by atoms with Crippen LogP contribution in [-0.4, -0.2) is 30.9 Å². The van der Waals surface area contributed by atoms with Gasteiger partial charge in [-0.15, -0.1) is 0 Å². The molecule has 1 atom stereocenters. The number of nitrogens with one attached hydrogen (secondary N) is 2. The summed E-state index contributed by atoms with van der Waals surface area (Å²) in [5, 5.41) is 2.78. The number of nitrogens with two attached hydrogens (primary N) is 1. The predicted molar refractivity (Wildman–Crippen MR) is 77.1 cm³/mol. The molecular weight excluding hydrogens is 273 g/mol. The van der Waals surface area contributed by atoms with E-state index in [0.717, 1.165) is 30.8 Å². The van der Waals surface area contributed by atoms with Crippen LogP contribution in [0.2, 0.25) is 0 Å². The van der Waals surface area contributed by atoms with Gasteiger partial charge in [0.2, 0.25) is 5.91 Å². The molecule has 1 heterocycles. The third-order valence-electron chi connectivity index (χ3n) is 4.15. The van der Waals surface area contributed by atoms with Crippen molar-refractivity contribution in [2.75, 3.05) is 18.4 Å². The first-order valence-electron chi connectivity index (χ1n) is 7.17. The summed E-state index contributed by atoms with van der Waals surface area (Å²) in [7, 11) is 0. The van der Waals surface area contributed by atoms with Crippen LogP contribution in [0.25, 0.3) is 0 Å². The summed E-state index contributed by atoms with van der Waals surface area (Å²) < 4.78 is 12.8. The van der Waals surface area contributed by atoms with Crippen molar-refractivity contribution in [2.24, 2.45) is 11.7 Å². The molecule has 0 aromatic heterocycles. The van der Waals surface area contributed by atoms with Crippen LogP contribution in [0.5, 0.6) is 0 Å². The van der Waals surface area contributed by atoms with E-state index in [4.69, 9.17) is 5.73 Å². The van der Waals surface area contributed by atoms with Crippen LogP contribution in [0.3, 0.4) is 0 Å². The third kappa shape index (κ3) is 4.01. The lowest BCUT2D eigenvalue weighted by molar-refractivity contribution is -0.919. The number of benzene rings is 1. The van der Waals surface area contributed by atoms with Crippen LogP contribution in [0.4, 0.5) is 10.1 Å². The average Bonchev–Trinajstić information content (AvgIpc) is 2.49. The van der Waals surface area contributed by atoms with E-state index in [-0.39, 0.29) is 29.6 Å². The molecule has 1 saturated heterocycles. The molecular formula is C15H21FN3O2+. The smallest absolute Gasteiger partial charge is 0.282 e. The number of rotatable bonds is 4. The van der Waals surface area contributed by atoms with Crippen molar-refractivity contribution >= 4 is 17.5 Å². The zero-order chi connectivity index (χ0) is 15.4. The van der Waals surface area contributed by atoms with Crippen molar-refractivity contribution in [3.63, 3.8) is 0 Å². The van der Waals surface area contributed by atoms with Gasteiger partial charge in [0, 0.05) is 24.4 Å². The highest BCUT2D eigenvalue weighted by Gasteiger charge is 2.31. The molecule has 0 unspecified atom stereocenters. The molecule has 1 aromatic rings. The van der Waals surface area contributed by atoms with Crippen molar-refractivity contribution in [3.8, 4) is 0 Å². The first kappa shape index (κ1) is 15.4. The summed E-state index contributed by atoms with van der Waals surface area (Å²) in [6.07, 6.45) is 1.44. The number of piperidine rings is 1. The highest BCUT2D eigenvalue weighted by atomic mass is 19.1. The highest BCUT2D eigenvalue weighted by molar-refractivity contribution is 5.93. The maximum absolute atomic E-state index is 12.8. The number of carbonyl (C=O) groups excluding carboxylic acids is 2. The minimum Gasteiger partial charge on any atom is -0.369 e. The summed E-state index contributed by atoms with van der Waals surface area (Å²) in [6, 6.07) is 5.48. The SMILES string of the molecule is C[C@H](C(=O)Nc1ccc(F)cc1)[NH+]1CCC(C(N)=O)CC1. The number of hydrogen-bond acceptors (Lipinski definition) is 2. The van der Waals surface area contributed by atoms with E-state index >= 15 is 0 Å². The van der Waals surface area contributed by atoms with Crippen LogP contribution >= 0.6 is 0 Å². The van der Waals surface area contributed by atoms with Crippen molar-refractivity contribution in [1.82, 2.24) is 0 Å². The zero-order valence-electron chi connectivity index (χ0n) is 12.1. The Balaban J connectivity index is 1.88. The van der Waals surface area contributed by atoms with Crippen molar-refractivity contribution in [1.29, 1.82) is 0 Å². The fourth-order valence-corrected chi connectivity index (χ4v) is 2.68. The largest absolute Gasteiger partial charge is 0.369 e. The lowest BCUT2D eigenvalue weighted by atomic mass is 9.95. The van der Waals surface area contributed by atoms with Gasteiger partial charge in [0.05, 0.1) is 13.1 Å². The lowest BCUT2D eigenvalue weighted by Gasteiger charge is -2.31. The number of primary amides is 1. The van der Waals surface area contributed by atoms with E-state index in [1.54, 1.807) is 0 Å². The quantitative estimate of drug-likeness (QED) is 0.727. The summed E-state index contributed by atoms with van der Waals surface area (Å²) >= 11 is 0. The monoisotopic (exact) mass is 294 g/mol. The number of amides is 2. The molecule has 0 aliphatic carbocycles. The Morgan fingerprint density at radius 3 is 2.38 bits per heavy atom. The second-order valence-electron chi connectivity index (χ2n) is 5.55. The maximum atomic E-state index is 12.8. The van der Waals surface area contributed by atoms with Gasteiger partial charge in [0.15, 0.2) is 6.04 Å². The molecule has 0 spiro atoms. The molecule has 1 fully saturated rings. The van der Waals surface area contributed by atoms with Gasteiger partial charge < -0.3 is 16.0 Å². The average molecular weight is 294 g/mol. The molecule has 2 amide bonds. The molecule has 0 saturated carbocycles. The van der Waals surface area contributed by atoms with Crippen molar-refractivity contribution < 1.29 is 18.9 Å². The molecule has 1 aliphatic heterocycles. The summed E-state index contributed by atoms with van der Waals surface area (Å²) in [6.45, 7) is 3.37. The molecule has 5 nitrogen and oxygen atoms in total. The Labute approximate surface area is 123 Å². The fraction of sp³-hybridized carbons (Fsp3) is 0.467. The van der Waals surface area contributed by atoms with Crippen molar-refractivity contribution in [2.45, 2.75) is 25.8 Å². The number of likely N-dealkylation sites (tertiary alicyclic amines) is 1. The number of carbonyl (C=O) groups is 2.